The highest BCUT2D eigenvalue weighted by atomic mass is 19.4. The zero-order valence-corrected chi connectivity index (χ0v) is 19.8. The van der Waals surface area contributed by atoms with Crippen LogP contribution in [0.1, 0.15) is 11.1 Å². The number of fused-ring (bicyclic) bond motifs is 1. The molecule has 1 fully saturated rings. The maximum absolute atomic E-state index is 13.6. The second-order valence-electron chi connectivity index (χ2n) is 8.88. The highest BCUT2D eigenvalue weighted by Crippen LogP contribution is 2.34. The molecule has 1 saturated heterocycles. The normalized spacial score (nSPS) is 13.8. The Hall–Kier alpha value is -4.18. The molecule has 3 aromatic carbocycles. The summed E-state index contributed by atoms with van der Waals surface area (Å²) in [5.74, 6) is -0.380. The maximum Gasteiger partial charge on any atom is 0.573 e. The van der Waals surface area contributed by atoms with Gasteiger partial charge >= 0.3 is 6.36 Å². The van der Waals surface area contributed by atoms with Crippen LogP contribution in [-0.2, 0) is 11.3 Å². The molecule has 0 radical (unpaired) electrons. The summed E-state index contributed by atoms with van der Waals surface area (Å²) in [5, 5.41) is 14.1. The molecule has 0 unspecified atom stereocenters. The molecule has 0 bridgehead atoms. The van der Waals surface area contributed by atoms with E-state index in [1.54, 1.807) is 24.3 Å². The number of anilines is 1. The maximum atomic E-state index is 13.6. The highest BCUT2D eigenvalue weighted by molar-refractivity contribution is 6.03. The number of halogens is 3. The predicted molar refractivity (Wildman–Crippen MR) is 132 cm³/mol. The van der Waals surface area contributed by atoms with Gasteiger partial charge in [-0.1, -0.05) is 30.3 Å². The summed E-state index contributed by atoms with van der Waals surface area (Å²) in [7, 11) is 0. The largest absolute Gasteiger partial charge is 0.573 e. The first-order valence-electron chi connectivity index (χ1n) is 11.6. The average Bonchev–Trinajstić information content (AvgIpc) is 2.80. The molecule has 37 heavy (non-hydrogen) atoms. The number of nitrogens with one attached hydrogen (secondary N) is 1. The molecule has 190 valence electrons. The monoisotopic (exact) mass is 508 g/mol. The number of benzene rings is 3. The third kappa shape index (κ3) is 5.34. The molecule has 1 aliphatic rings. The predicted octanol–water partition coefficient (Wildman–Crippen LogP) is 4.96. The summed E-state index contributed by atoms with van der Waals surface area (Å²) in [5.41, 5.74) is 2.34. The summed E-state index contributed by atoms with van der Waals surface area (Å²) in [6.45, 7) is 2.85. The van der Waals surface area contributed by atoms with Crippen molar-refractivity contribution in [1.82, 2.24) is 15.3 Å². The van der Waals surface area contributed by atoms with Crippen LogP contribution in [0.15, 0.2) is 66.7 Å². The Labute approximate surface area is 210 Å². The van der Waals surface area contributed by atoms with Gasteiger partial charge in [0.2, 0.25) is 5.91 Å². The molecule has 10 heteroatoms. The van der Waals surface area contributed by atoms with Gasteiger partial charge in [-0.15, -0.1) is 13.2 Å². The summed E-state index contributed by atoms with van der Waals surface area (Å²) in [4.78, 5) is 24.5. The molecule has 2 N–H and O–H groups in total. The Morgan fingerprint density at radius 3 is 2.57 bits per heavy atom. The number of aryl methyl sites for hydroxylation is 1. The lowest BCUT2D eigenvalue weighted by Crippen LogP contribution is -2.52. The third-order valence-corrected chi connectivity index (χ3v) is 6.10. The number of aromatic nitrogens is 2. The van der Waals surface area contributed by atoms with Crippen molar-refractivity contribution in [1.29, 1.82) is 0 Å². The van der Waals surface area contributed by atoms with Gasteiger partial charge in [0.1, 0.15) is 17.3 Å². The first kappa shape index (κ1) is 24.5. The quantitative estimate of drug-likeness (QED) is 0.383. The van der Waals surface area contributed by atoms with Crippen LogP contribution in [0.5, 0.6) is 11.5 Å². The number of phenols is 1. The van der Waals surface area contributed by atoms with Crippen molar-refractivity contribution >= 4 is 22.6 Å². The molecule has 1 amide bonds. The minimum Gasteiger partial charge on any atom is -0.507 e. The first-order valence-corrected chi connectivity index (χ1v) is 11.6. The SMILES string of the molecule is Cc1ccc2c(N(Cc3cccc(OC(F)(F)F)c3)C(=O)C3CNC3)nc(-c3ccccc3O)nc2c1. The van der Waals surface area contributed by atoms with E-state index in [0.29, 0.717) is 40.9 Å². The van der Waals surface area contributed by atoms with Gasteiger partial charge in [-0.05, 0) is 54.4 Å². The van der Waals surface area contributed by atoms with E-state index in [4.69, 9.17) is 4.98 Å². The molecule has 7 nitrogen and oxygen atoms in total. The van der Waals surface area contributed by atoms with Crippen molar-refractivity contribution in [3.8, 4) is 22.9 Å². The molecule has 1 aromatic heterocycles. The van der Waals surface area contributed by atoms with Crippen molar-refractivity contribution in [3.05, 3.63) is 77.9 Å². The number of hydrogen-bond donors (Lipinski definition) is 2. The summed E-state index contributed by atoms with van der Waals surface area (Å²) in [6.07, 6.45) is -4.83. The van der Waals surface area contributed by atoms with Crippen molar-refractivity contribution in [2.24, 2.45) is 5.92 Å². The van der Waals surface area contributed by atoms with Crippen molar-refractivity contribution in [3.63, 3.8) is 0 Å². The van der Waals surface area contributed by atoms with Gasteiger partial charge in [-0.25, -0.2) is 9.97 Å². The smallest absolute Gasteiger partial charge is 0.507 e. The topological polar surface area (TPSA) is 87.6 Å². The van der Waals surface area contributed by atoms with Crippen LogP contribution in [0.2, 0.25) is 0 Å². The molecule has 2 heterocycles. The minimum atomic E-state index is -4.83. The van der Waals surface area contributed by atoms with Crippen LogP contribution in [0.3, 0.4) is 0 Å². The summed E-state index contributed by atoms with van der Waals surface area (Å²) in [6, 6.07) is 17.7. The highest BCUT2D eigenvalue weighted by Gasteiger charge is 2.33. The second-order valence-corrected chi connectivity index (χ2v) is 8.88. The number of hydrogen-bond acceptors (Lipinski definition) is 6. The van der Waals surface area contributed by atoms with E-state index in [9.17, 15) is 23.1 Å². The van der Waals surface area contributed by atoms with Gasteiger partial charge < -0.3 is 15.2 Å². The number of amides is 1. The van der Waals surface area contributed by atoms with Gasteiger partial charge in [-0.3, -0.25) is 9.69 Å². The second kappa shape index (κ2) is 9.70. The summed E-state index contributed by atoms with van der Waals surface area (Å²) < 4.78 is 42.5. The number of aromatic hydroxyl groups is 1. The van der Waals surface area contributed by atoms with Crippen molar-refractivity contribution in [2.75, 3.05) is 18.0 Å². The molecule has 1 aliphatic heterocycles. The van der Waals surface area contributed by atoms with E-state index < -0.39 is 6.36 Å². The fourth-order valence-electron chi connectivity index (χ4n) is 4.18. The summed E-state index contributed by atoms with van der Waals surface area (Å²) >= 11 is 0. The van der Waals surface area contributed by atoms with E-state index in [1.165, 1.54) is 29.2 Å². The molecular weight excluding hydrogens is 485 g/mol. The third-order valence-electron chi connectivity index (χ3n) is 6.10. The lowest BCUT2D eigenvalue weighted by Gasteiger charge is -2.32. The number of carbonyl (C=O) groups is 1. The fraction of sp³-hybridized carbons (Fsp3) is 0.222. The van der Waals surface area contributed by atoms with Crippen LogP contribution in [-0.4, -0.2) is 40.4 Å². The van der Waals surface area contributed by atoms with Gasteiger partial charge in [0.15, 0.2) is 5.82 Å². The van der Waals surface area contributed by atoms with E-state index >= 15 is 0 Å². The van der Waals surface area contributed by atoms with Gasteiger partial charge in [0.05, 0.1) is 23.5 Å². The number of nitrogens with zero attached hydrogens (tertiary/aromatic N) is 3. The Bertz CT molecular complexity index is 1470. The van der Waals surface area contributed by atoms with Crippen LogP contribution < -0.4 is 15.0 Å². The fourth-order valence-corrected chi connectivity index (χ4v) is 4.18. The van der Waals surface area contributed by atoms with E-state index in [1.807, 2.05) is 25.1 Å². The number of rotatable bonds is 6. The van der Waals surface area contributed by atoms with Gasteiger partial charge in [0.25, 0.3) is 0 Å². The number of para-hydroxylation sites is 1. The molecule has 4 aromatic rings. The lowest BCUT2D eigenvalue weighted by molar-refractivity contribution is -0.274. The lowest BCUT2D eigenvalue weighted by atomic mass is 10.0. The van der Waals surface area contributed by atoms with Crippen molar-refractivity contribution in [2.45, 2.75) is 19.8 Å². The Morgan fingerprint density at radius 1 is 1.08 bits per heavy atom. The molecule has 0 spiro atoms. The van der Waals surface area contributed by atoms with E-state index in [2.05, 4.69) is 15.0 Å². The zero-order valence-electron chi connectivity index (χ0n) is 19.8. The Morgan fingerprint density at radius 2 is 1.86 bits per heavy atom. The standard InChI is InChI=1S/C27H23F3N4O3/c1-16-9-10-20-22(11-16)32-24(21-7-2-3-8-23(21)35)33-25(20)34(26(36)18-13-31-14-18)15-17-5-4-6-19(12-17)37-27(28,29)30/h2-12,18,31,35H,13-15H2,1H3. The van der Waals surface area contributed by atoms with Crippen LogP contribution in [0.25, 0.3) is 22.3 Å². The van der Waals surface area contributed by atoms with Crippen molar-refractivity contribution < 1.29 is 27.8 Å². The Kier molecular flexibility index (Phi) is 6.43. The van der Waals surface area contributed by atoms with Crippen LogP contribution >= 0.6 is 0 Å². The average molecular weight is 509 g/mol. The number of ether oxygens (including phenoxy) is 1. The van der Waals surface area contributed by atoms with Gasteiger partial charge in [-0.2, -0.15) is 0 Å². The van der Waals surface area contributed by atoms with E-state index in [-0.39, 0.29) is 35.7 Å². The zero-order chi connectivity index (χ0) is 26.2. The number of alkyl halides is 3. The molecule has 0 saturated carbocycles. The number of phenolic OH excluding ortho intramolecular Hbond substituents is 1. The Balaban J connectivity index is 1.64. The first-order chi connectivity index (χ1) is 17.7. The molecule has 0 aliphatic carbocycles. The number of carbonyl (C=O) groups excluding carboxylic acids is 1. The van der Waals surface area contributed by atoms with Gasteiger partial charge in [0, 0.05) is 18.5 Å². The minimum absolute atomic E-state index is 0.0153. The molecule has 0 atom stereocenters. The van der Waals surface area contributed by atoms with Crippen LogP contribution in [0.4, 0.5) is 19.0 Å². The molecule has 5 rings (SSSR count). The van der Waals surface area contributed by atoms with E-state index in [0.717, 1.165) is 5.56 Å². The van der Waals surface area contributed by atoms with Crippen LogP contribution in [0, 0.1) is 12.8 Å². The molecular formula is C27H23F3N4O3.